The van der Waals surface area contributed by atoms with E-state index in [0.29, 0.717) is 5.82 Å². The number of nitrogens with zero attached hydrogens (tertiary/aromatic N) is 4. The largest absolute Gasteiger partial charge is 0.455 e. The molecule has 8 rings (SSSR count). The van der Waals surface area contributed by atoms with Crippen molar-refractivity contribution < 1.29 is 4.42 Å². The van der Waals surface area contributed by atoms with Crippen LogP contribution in [-0.4, -0.2) is 19.9 Å². The molecule has 0 aliphatic heterocycles. The molecule has 172 valence electrons. The average Bonchev–Trinajstić information content (AvgIpc) is 3.36. The van der Waals surface area contributed by atoms with E-state index >= 15 is 0 Å². The van der Waals surface area contributed by atoms with E-state index in [4.69, 9.17) is 14.4 Å². The summed E-state index contributed by atoms with van der Waals surface area (Å²) in [6.45, 7) is 0. The first-order valence-electron chi connectivity index (χ1n) is 12.1. The van der Waals surface area contributed by atoms with Crippen molar-refractivity contribution >= 4 is 54.5 Å². The van der Waals surface area contributed by atoms with Gasteiger partial charge >= 0.3 is 0 Å². The van der Waals surface area contributed by atoms with Gasteiger partial charge in [0.15, 0.2) is 5.82 Å². The molecule has 0 saturated heterocycles. The van der Waals surface area contributed by atoms with Gasteiger partial charge in [-0.1, -0.05) is 78.9 Å². The third-order valence-electron chi connectivity index (χ3n) is 7.07. The van der Waals surface area contributed by atoms with Crippen LogP contribution in [0.1, 0.15) is 0 Å². The smallest absolute Gasteiger partial charge is 0.159 e. The first-order chi connectivity index (χ1) is 18.3. The normalized spacial score (nSPS) is 11.8. The van der Waals surface area contributed by atoms with E-state index in [-0.39, 0.29) is 0 Å². The van der Waals surface area contributed by atoms with Crippen molar-refractivity contribution in [3.63, 3.8) is 0 Å². The Morgan fingerprint density at radius 1 is 0.541 bits per heavy atom. The lowest BCUT2D eigenvalue weighted by Gasteiger charge is -2.10. The number of hydrogen-bond donors (Lipinski definition) is 0. The van der Waals surface area contributed by atoms with E-state index in [9.17, 15) is 0 Å². The molecule has 0 bridgehead atoms. The molecule has 0 spiro atoms. The van der Waals surface area contributed by atoms with Gasteiger partial charge in [0, 0.05) is 45.1 Å². The van der Waals surface area contributed by atoms with Crippen molar-refractivity contribution in [2.24, 2.45) is 0 Å². The van der Waals surface area contributed by atoms with Crippen LogP contribution in [0.3, 0.4) is 0 Å². The van der Waals surface area contributed by atoms with Crippen LogP contribution in [-0.2, 0) is 0 Å². The third-order valence-corrected chi connectivity index (χ3v) is 7.07. The molecule has 0 N–H and O–H groups in total. The monoisotopic (exact) mass is 474 g/mol. The topological polar surface area (TPSA) is 64.7 Å². The minimum atomic E-state index is 0.654. The van der Waals surface area contributed by atoms with Crippen LogP contribution in [0.4, 0.5) is 0 Å². The van der Waals surface area contributed by atoms with Gasteiger partial charge < -0.3 is 4.42 Å². The number of fused-ring (bicyclic) bond motifs is 9. The number of rotatable bonds is 2. The molecule has 0 atom stereocenters. The quantitative estimate of drug-likeness (QED) is 0.238. The second-order valence-electron chi connectivity index (χ2n) is 9.15. The Kier molecular flexibility index (Phi) is 4.16. The SMILES string of the molecule is c1cc(-c2ncc3c4ccccc4c4cncnc4c3n2)cc(-c2cccc3c2oc2ccccc23)c1. The predicted molar refractivity (Wildman–Crippen MR) is 148 cm³/mol. The van der Waals surface area contributed by atoms with E-state index in [1.165, 1.54) is 0 Å². The lowest BCUT2D eigenvalue weighted by molar-refractivity contribution is 0.670. The molecule has 0 aliphatic carbocycles. The van der Waals surface area contributed by atoms with E-state index in [2.05, 4.69) is 58.5 Å². The number of benzene rings is 5. The van der Waals surface area contributed by atoms with Crippen molar-refractivity contribution in [2.75, 3.05) is 0 Å². The molecular weight excluding hydrogens is 456 g/mol. The van der Waals surface area contributed by atoms with Crippen molar-refractivity contribution in [2.45, 2.75) is 0 Å². The minimum Gasteiger partial charge on any atom is -0.455 e. The molecule has 0 fully saturated rings. The van der Waals surface area contributed by atoms with Crippen LogP contribution in [0.2, 0.25) is 0 Å². The van der Waals surface area contributed by atoms with Crippen LogP contribution < -0.4 is 0 Å². The van der Waals surface area contributed by atoms with Gasteiger partial charge in [-0.15, -0.1) is 0 Å². The summed E-state index contributed by atoms with van der Waals surface area (Å²) in [5.74, 6) is 0.654. The highest BCUT2D eigenvalue weighted by atomic mass is 16.3. The Bertz CT molecular complexity index is 2130. The van der Waals surface area contributed by atoms with Gasteiger partial charge in [0.05, 0.1) is 0 Å². The maximum atomic E-state index is 6.28. The Morgan fingerprint density at radius 2 is 1.27 bits per heavy atom. The lowest BCUT2D eigenvalue weighted by Crippen LogP contribution is -1.94. The van der Waals surface area contributed by atoms with Gasteiger partial charge in [0.1, 0.15) is 28.5 Å². The first kappa shape index (κ1) is 20.1. The van der Waals surface area contributed by atoms with Crippen molar-refractivity contribution in [1.82, 2.24) is 19.9 Å². The van der Waals surface area contributed by atoms with Gasteiger partial charge in [-0.05, 0) is 28.5 Å². The Hall–Kier alpha value is -5.16. The predicted octanol–water partition coefficient (Wildman–Crippen LogP) is 7.96. The number of furan rings is 1. The molecule has 3 heterocycles. The zero-order chi connectivity index (χ0) is 24.3. The van der Waals surface area contributed by atoms with Crippen LogP contribution in [0, 0.1) is 0 Å². The number of hydrogen-bond acceptors (Lipinski definition) is 5. The molecule has 0 aliphatic rings. The van der Waals surface area contributed by atoms with Gasteiger partial charge in [0.2, 0.25) is 0 Å². The summed E-state index contributed by atoms with van der Waals surface area (Å²) in [6, 6.07) is 31.0. The number of para-hydroxylation sites is 2. The van der Waals surface area contributed by atoms with E-state index in [0.717, 1.165) is 71.2 Å². The average molecular weight is 475 g/mol. The molecule has 37 heavy (non-hydrogen) atoms. The molecule has 0 unspecified atom stereocenters. The Morgan fingerprint density at radius 3 is 2.16 bits per heavy atom. The molecule has 0 amide bonds. The second-order valence-corrected chi connectivity index (χ2v) is 9.15. The maximum absolute atomic E-state index is 6.28. The molecule has 0 saturated carbocycles. The highest BCUT2D eigenvalue weighted by Crippen LogP contribution is 2.37. The summed E-state index contributed by atoms with van der Waals surface area (Å²) in [6.07, 6.45) is 5.35. The van der Waals surface area contributed by atoms with Crippen LogP contribution in [0.5, 0.6) is 0 Å². The first-order valence-corrected chi connectivity index (χ1v) is 12.1. The third kappa shape index (κ3) is 2.98. The second kappa shape index (κ2) is 7.67. The molecule has 8 aromatic rings. The van der Waals surface area contributed by atoms with Gasteiger partial charge in [0.25, 0.3) is 0 Å². The Labute approximate surface area is 211 Å². The maximum Gasteiger partial charge on any atom is 0.159 e. The van der Waals surface area contributed by atoms with Crippen molar-refractivity contribution in [1.29, 1.82) is 0 Å². The van der Waals surface area contributed by atoms with Gasteiger partial charge in [-0.3, -0.25) is 0 Å². The molecule has 5 aromatic carbocycles. The fourth-order valence-electron chi connectivity index (χ4n) is 5.37. The van der Waals surface area contributed by atoms with E-state index < -0.39 is 0 Å². The van der Waals surface area contributed by atoms with Crippen LogP contribution in [0.15, 0.2) is 114 Å². The van der Waals surface area contributed by atoms with Crippen molar-refractivity contribution in [3.8, 4) is 22.5 Å². The molecule has 5 heteroatoms. The zero-order valence-corrected chi connectivity index (χ0v) is 19.6. The summed E-state index contributed by atoms with van der Waals surface area (Å²) in [5.41, 5.74) is 6.45. The highest BCUT2D eigenvalue weighted by Gasteiger charge is 2.15. The summed E-state index contributed by atoms with van der Waals surface area (Å²) in [5, 5.41) is 6.39. The minimum absolute atomic E-state index is 0.654. The molecule has 0 radical (unpaired) electrons. The molecule has 5 nitrogen and oxygen atoms in total. The van der Waals surface area contributed by atoms with E-state index in [1.54, 1.807) is 6.33 Å². The highest BCUT2D eigenvalue weighted by molar-refractivity contribution is 6.22. The van der Waals surface area contributed by atoms with Crippen molar-refractivity contribution in [3.05, 3.63) is 110 Å². The molecule has 3 aromatic heterocycles. The standard InChI is InChI=1S/C32H18N4O/c1-2-10-23-22(9-1)26-16-33-18-35-29(26)30-27(23)17-34-32(36-30)20-8-5-7-19(15-20)21-12-6-13-25-24-11-3-4-14-28(24)37-31(21)25/h1-18H. The van der Waals surface area contributed by atoms with Gasteiger partial charge in [-0.25, -0.2) is 19.9 Å². The van der Waals surface area contributed by atoms with E-state index in [1.807, 2.05) is 54.9 Å². The summed E-state index contributed by atoms with van der Waals surface area (Å²) < 4.78 is 6.28. The summed E-state index contributed by atoms with van der Waals surface area (Å²) in [4.78, 5) is 18.7. The van der Waals surface area contributed by atoms with Crippen LogP contribution >= 0.6 is 0 Å². The van der Waals surface area contributed by atoms with Crippen LogP contribution in [0.25, 0.3) is 77.0 Å². The Balaban J connectivity index is 1.34. The number of aromatic nitrogens is 4. The molecular formula is C32H18N4O. The fourth-order valence-corrected chi connectivity index (χ4v) is 5.37. The zero-order valence-electron chi connectivity index (χ0n) is 19.6. The lowest BCUT2D eigenvalue weighted by atomic mass is 9.99. The summed E-state index contributed by atoms with van der Waals surface area (Å²) in [7, 11) is 0. The fraction of sp³-hybridized carbons (Fsp3) is 0. The van der Waals surface area contributed by atoms with Gasteiger partial charge in [-0.2, -0.15) is 0 Å². The summed E-state index contributed by atoms with van der Waals surface area (Å²) >= 11 is 0.